The van der Waals surface area contributed by atoms with Crippen molar-refractivity contribution in [2.24, 2.45) is 5.92 Å². The number of amides is 2. The number of hydroxylamine groups is 2. The van der Waals surface area contributed by atoms with E-state index in [1.807, 2.05) is 60.6 Å². The van der Waals surface area contributed by atoms with Gasteiger partial charge in [0.05, 0.1) is 17.1 Å². The predicted molar refractivity (Wildman–Crippen MR) is 121 cm³/mol. The number of ether oxygens (including phenoxy) is 1. The maximum atomic E-state index is 12.5. The molecule has 1 rings (SSSR count). The summed E-state index contributed by atoms with van der Waals surface area (Å²) in [5.74, 6) is 0.352. The number of rotatable bonds is 7. The lowest BCUT2D eigenvalue weighted by molar-refractivity contribution is -0.246. The van der Waals surface area contributed by atoms with Crippen molar-refractivity contribution in [1.29, 1.82) is 0 Å². The molecule has 30 heavy (non-hydrogen) atoms. The summed E-state index contributed by atoms with van der Waals surface area (Å²) in [5.41, 5.74) is -1.14. The van der Waals surface area contributed by atoms with Gasteiger partial charge in [0.15, 0.2) is 0 Å². The highest BCUT2D eigenvalue weighted by atomic mass is 16.6. The van der Waals surface area contributed by atoms with E-state index < -0.39 is 11.7 Å². The second-order valence-electron chi connectivity index (χ2n) is 11.1. The Kier molecular flexibility index (Phi) is 8.93. The van der Waals surface area contributed by atoms with Gasteiger partial charge < -0.3 is 20.6 Å². The summed E-state index contributed by atoms with van der Waals surface area (Å²) >= 11 is 0. The zero-order valence-corrected chi connectivity index (χ0v) is 20.4. The number of hydrogen-bond acceptors (Lipinski definition) is 4. The van der Waals surface area contributed by atoms with Crippen LogP contribution in [0.3, 0.4) is 0 Å². The van der Waals surface area contributed by atoms with E-state index in [1.165, 1.54) is 0 Å². The van der Waals surface area contributed by atoms with E-state index in [4.69, 9.17) is 9.94 Å². The van der Waals surface area contributed by atoms with E-state index in [0.717, 1.165) is 19.3 Å². The maximum absolute atomic E-state index is 12.5. The lowest BCUT2D eigenvalue weighted by Gasteiger charge is -2.47. The van der Waals surface area contributed by atoms with Crippen LogP contribution in [-0.4, -0.2) is 51.0 Å². The molecule has 1 fully saturated rings. The van der Waals surface area contributed by atoms with Crippen molar-refractivity contribution in [3.05, 3.63) is 12.2 Å². The minimum absolute atomic E-state index is 0.0400. The van der Waals surface area contributed by atoms with E-state index in [-0.39, 0.29) is 35.5 Å². The summed E-state index contributed by atoms with van der Waals surface area (Å²) in [6, 6.07) is -0.138. The first-order valence-corrected chi connectivity index (χ1v) is 11.0. The molecule has 0 radical (unpaired) electrons. The molecular weight excluding hydrogens is 382 g/mol. The molecule has 1 aliphatic rings. The summed E-state index contributed by atoms with van der Waals surface area (Å²) in [6.45, 7) is 17.8. The van der Waals surface area contributed by atoms with Gasteiger partial charge in [0.1, 0.15) is 5.60 Å². The fraction of sp³-hybridized carbons (Fsp3) is 0.826. The van der Waals surface area contributed by atoms with Gasteiger partial charge in [-0.15, -0.1) is 0 Å². The molecule has 1 saturated heterocycles. The van der Waals surface area contributed by atoms with Gasteiger partial charge in [-0.05, 0) is 73.6 Å². The van der Waals surface area contributed by atoms with Gasteiger partial charge in [-0.3, -0.25) is 4.79 Å². The molecule has 0 unspecified atom stereocenters. The molecule has 0 aromatic carbocycles. The number of alkyl carbamates (subject to hydrolysis) is 1. The monoisotopic (exact) mass is 426 g/mol. The Morgan fingerprint density at radius 1 is 1.17 bits per heavy atom. The van der Waals surface area contributed by atoms with Crippen LogP contribution in [0.1, 0.15) is 88.0 Å². The Hall–Kier alpha value is -1.60. The number of carbonyl (C=O) groups excluding carboxylic acids is 2. The Morgan fingerprint density at radius 3 is 2.17 bits per heavy atom. The van der Waals surface area contributed by atoms with Crippen molar-refractivity contribution in [2.45, 2.75) is 117 Å². The smallest absolute Gasteiger partial charge is 0.408 e. The van der Waals surface area contributed by atoms with Gasteiger partial charge in [0.2, 0.25) is 5.91 Å². The number of piperidine rings is 1. The summed E-state index contributed by atoms with van der Waals surface area (Å²) in [6.07, 6.45) is 5.75. The second-order valence-corrected chi connectivity index (χ2v) is 11.1. The first kappa shape index (κ1) is 26.4. The second kappa shape index (κ2) is 10.1. The fourth-order valence-corrected chi connectivity index (χ4v) is 4.16. The topological polar surface area (TPSA) is 93.6 Å². The number of carbonyl (C=O) groups is 2. The van der Waals surface area contributed by atoms with Crippen molar-refractivity contribution < 1.29 is 19.5 Å². The van der Waals surface area contributed by atoms with E-state index in [1.54, 1.807) is 5.06 Å². The van der Waals surface area contributed by atoms with Gasteiger partial charge in [-0.25, -0.2) is 4.79 Å². The summed E-state index contributed by atoms with van der Waals surface area (Å²) in [7, 11) is 0. The molecule has 0 spiro atoms. The van der Waals surface area contributed by atoms with Gasteiger partial charge >= 0.3 is 6.09 Å². The molecule has 174 valence electrons. The zero-order chi connectivity index (χ0) is 23.3. The van der Waals surface area contributed by atoms with Gasteiger partial charge in [0, 0.05) is 12.5 Å². The van der Waals surface area contributed by atoms with Crippen LogP contribution >= 0.6 is 0 Å². The molecule has 1 aliphatic heterocycles. The average molecular weight is 427 g/mol. The molecule has 7 heteroatoms. The predicted octanol–water partition coefficient (Wildman–Crippen LogP) is 3.65. The third-order valence-electron chi connectivity index (χ3n) is 5.17. The van der Waals surface area contributed by atoms with E-state index in [0.29, 0.717) is 5.92 Å². The Bertz CT molecular complexity index is 602. The highest BCUT2D eigenvalue weighted by Gasteiger charge is 2.48. The van der Waals surface area contributed by atoms with Crippen molar-refractivity contribution in [3.8, 4) is 0 Å². The quantitative estimate of drug-likeness (QED) is 0.480. The molecule has 4 N–H and O–H groups in total. The lowest BCUT2D eigenvalue weighted by atomic mass is 9.79. The molecule has 0 aliphatic carbocycles. The molecular formula is C23H44N3O4+. The normalized spacial score (nSPS) is 20.9. The number of hydrogen-bond donors (Lipinski definition) is 2. The third-order valence-corrected chi connectivity index (χ3v) is 5.17. The highest BCUT2D eigenvalue weighted by molar-refractivity contribution is 5.77. The summed E-state index contributed by atoms with van der Waals surface area (Å²) < 4.78 is 5.34. The maximum Gasteiger partial charge on any atom is 0.408 e. The molecule has 0 aromatic rings. The highest BCUT2D eigenvalue weighted by Crippen LogP contribution is 2.36. The summed E-state index contributed by atoms with van der Waals surface area (Å²) in [5, 5.41) is 16.0. The van der Waals surface area contributed by atoms with Crippen LogP contribution in [0.2, 0.25) is 0 Å². The van der Waals surface area contributed by atoms with Crippen molar-refractivity contribution in [1.82, 2.24) is 15.7 Å². The van der Waals surface area contributed by atoms with Crippen LogP contribution in [0.5, 0.6) is 0 Å². The number of nitrogens with zero attached hydrogens (tertiary/aromatic N) is 1. The molecule has 2 amide bonds. The molecule has 0 aromatic heterocycles. The van der Waals surface area contributed by atoms with Crippen LogP contribution in [-0.2, 0) is 9.53 Å². The van der Waals surface area contributed by atoms with E-state index in [9.17, 15) is 9.59 Å². The van der Waals surface area contributed by atoms with Crippen molar-refractivity contribution in [3.63, 3.8) is 0 Å². The largest absolute Gasteiger partial charge is 0.444 e. The van der Waals surface area contributed by atoms with Crippen molar-refractivity contribution >= 4 is 12.0 Å². The molecule has 1 heterocycles. The first-order valence-electron chi connectivity index (χ1n) is 11.0. The lowest BCUT2D eigenvalue weighted by Crippen LogP contribution is -2.62. The average Bonchev–Trinajstić information content (AvgIpc) is 2.49. The van der Waals surface area contributed by atoms with Gasteiger partial charge in [-0.2, -0.15) is 0 Å². The third kappa shape index (κ3) is 9.04. The molecule has 7 nitrogen and oxygen atoms in total. The molecule has 0 saturated carbocycles. The van der Waals surface area contributed by atoms with E-state index in [2.05, 4.69) is 24.5 Å². The van der Waals surface area contributed by atoms with Crippen LogP contribution in [0, 0.1) is 5.92 Å². The van der Waals surface area contributed by atoms with E-state index >= 15 is 0 Å². The van der Waals surface area contributed by atoms with Crippen molar-refractivity contribution in [2.75, 3.05) is 0 Å². The fourth-order valence-electron chi connectivity index (χ4n) is 4.16. The Morgan fingerprint density at radius 2 is 1.70 bits per heavy atom. The van der Waals surface area contributed by atoms with Crippen LogP contribution in [0.15, 0.2) is 12.2 Å². The molecule has 0 bridgehead atoms. The Balaban J connectivity index is 2.63. The van der Waals surface area contributed by atoms with Crippen LogP contribution in [0.4, 0.5) is 4.79 Å². The Labute approximate surface area is 182 Å². The minimum Gasteiger partial charge on any atom is -0.444 e. The molecule has 1 atom stereocenters. The minimum atomic E-state index is -0.549. The van der Waals surface area contributed by atoms with Gasteiger partial charge in [0.25, 0.3) is 0 Å². The standard InChI is InChI=1S/C23H43N3O4/c1-16(2)13-17(25-20(28)30-21(3,4)5)11-10-12-19(27)24-18-14-22(6,7)26(29)23(8,9)15-18/h10-11,16-18,29H,12-15H2,1-9H3,(H,24,27)(H,25,28)/p+1/b11-10+/t17-/m0/s1. The van der Waals surface area contributed by atoms with Crippen LogP contribution < -0.4 is 10.6 Å². The zero-order valence-electron chi connectivity index (χ0n) is 20.4. The summed E-state index contributed by atoms with van der Waals surface area (Å²) in [4.78, 5) is 24.6. The van der Waals surface area contributed by atoms with Gasteiger partial charge in [-0.1, -0.05) is 31.1 Å². The first-order chi connectivity index (χ1) is 13.5. The number of nitrogens with one attached hydrogen (secondary N) is 2. The van der Waals surface area contributed by atoms with Crippen LogP contribution in [0.25, 0.3) is 0 Å². The SMILES string of the molecule is CC(C)C[C@H](/C=C/CC(=O)NC1CC(C)(C)N([OH2+])C(C)(C)C1)NC(=O)OC(C)(C)C.